The molecule has 2 nitrogen and oxygen atoms in total. The van der Waals surface area contributed by atoms with Crippen LogP contribution in [0.15, 0.2) is 40.9 Å². The van der Waals surface area contributed by atoms with Crippen LogP contribution in [0.3, 0.4) is 0 Å². The Balaban J connectivity index is 2.02. The Kier molecular flexibility index (Phi) is 3.33. The fourth-order valence-electron chi connectivity index (χ4n) is 2.47. The van der Waals surface area contributed by atoms with Gasteiger partial charge in [0.05, 0.1) is 12.6 Å². The van der Waals surface area contributed by atoms with E-state index < -0.39 is 0 Å². The van der Waals surface area contributed by atoms with Crippen LogP contribution in [0.4, 0.5) is 0 Å². The molecule has 1 aliphatic rings. The van der Waals surface area contributed by atoms with Crippen LogP contribution in [-0.2, 0) is 6.42 Å². The monoisotopic (exact) mass is 317 g/mol. The van der Waals surface area contributed by atoms with E-state index in [9.17, 15) is 0 Å². The maximum atomic E-state index is 6.41. The van der Waals surface area contributed by atoms with Crippen molar-refractivity contribution in [2.24, 2.45) is 5.73 Å². The topological polar surface area (TPSA) is 35.2 Å². The van der Waals surface area contributed by atoms with Crippen molar-refractivity contribution in [2.75, 3.05) is 6.61 Å². The van der Waals surface area contributed by atoms with Gasteiger partial charge < -0.3 is 10.5 Å². The maximum Gasteiger partial charge on any atom is 0.127 e. The summed E-state index contributed by atoms with van der Waals surface area (Å²) < 4.78 is 6.83. The minimum atomic E-state index is -0.148. The molecule has 3 rings (SSSR count). The van der Waals surface area contributed by atoms with E-state index >= 15 is 0 Å². The molecule has 2 aromatic rings. The van der Waals surface area contributed by atoms with Crippen LogP contribution in [0.2, 0.25) is 0 Å². The van der Waals surface area contributed by atoms with Crippen molar-refractivity contribution < 1.29 is 4.74 Å². The van der Waals surface area contributed by atoms with Crippen LogP contribution >= 0.6 is 15.9 Å². The normalized spacial score (nSPS) is 14.9. The van der Waals surface area contributed by atoms with Gasteiger partial charge in [-0.15, -0.1) is 0 Å². The van der Waals surface area contributed by atoms with Crippen LogP contribution in [0.1, 0.15) is 28.3 Å². The predicted molar refractivity (Wildman–Crippen MR) is 80.6 cm³/mol. The van der Waals surface area contributed by atoms with Gasteiger partial charge in [0.2, 0.25) is 0 Å². The van der Waals surface area contributed by atoms with Gasteiger partial charge in [-0.1, -0.05) is 46.3 Å². The summed E-state index contributed by atoms with van der Waals surface area (Å²) in [5.74, 6) is 0.978. The van der Waals surface area contributed by atoms with E-state index in [1.54, 1.807) is 0 Å². The Labute approximate surface area is 121 Å². The largest absolute Gasteiger partial charge is 0.493 e. The quantitative estimate of drug-likeness (QED) is 0.915. The van der Waals surface area contributed by atoms with E-state index in [1.807, 2.05) is 0 Å². The highest BCUT2D eigenvalue weighted by Gasteiger charge is 2.21. The first-order valence-electron chi connectivity index (χ1n) is 6.43. The molecule has 1 atom stereocenters. The average molecular weight is 318 g/mol. The third kappa shape index (κ3) is 2.28. The Hall–Kier alpha value is -1.32. The van der Waals surface area contributed by atoms with Crippen LogP contribution < -0.4 is 10.5 Å². The molecule has 0 bridgehead atoms. The summed E-state index contributed by atoms with van der Waals surface area (Å²) in [4.78, 5) is 0. The van der Waals surface area contributed by atoms with E-state index in [-0.39, 0.29) is 6.04 Å². The van der Waals surface area contributed by atoms with Crippen molar-refractivity contribution in [1.29, 1.82) is 0 Å². The average Bonchev–Trinajstić information content (AvgIpc) is 2.89. The lowest BCUT2D eigenvalue weighted by Gasteiger charge is -2.16. The zero-order valence-electron chi connectivity index (χ0n) is 10.8. The molecule has 1 heterocycles. The van der Waals surface area contributed by atoms with E-state index in [4.69, 9.17) is 10.5 Å². The van der Waals surface area contributed by atoms with Crippen molar-refractivity contribution in [2.45, 2.75) is 19.4 Å². The molecular weight excluding hydrogens is 302 g/mol. The Morgan fingerprint density at radius 1 is 1.26 bits per heavy atom. The lowest BCUT2D eigenvalue weighted by Crippen LogP contribution is -2.13. The molecule has 3 heteroatoms. The van der Waals surface area contributed by atoms with Crippen molar-refractivity contribution in [3.63, 3.8) is 0 Å². The standard InChI is InChI=1S/C16H16BrNO/c1-10-5-6-12(9-14(10)17)15(18)13-4-2-3-11-7-8-19-16(11)13/h2-6,9,15H,7-8,18H2,1H3. The molecule has 1 aliphatic heterocycles. The summed E-state index contributed by atoms with van der Waals surface area (Å²) in [7, 11) is 0. The number of fused-ring (bicyclic) bond motifs is 1. The summed E-state index contributed by atoms with van der Waals surface area (Å²) in [5, 5.41) is 0. The molecule has 98 valence electrons. The lowest BCUT2D eigenvalue weighted by atomic mass is 9.96. The van der Waals surface area contributed by atoms with Gasteiger partial charge in [-0.25, -0.2) is 0 Å². The van der Waals surface area contributed by atoms with Gasteiger partial charge in [-0.3, -0.25) is 0 Å². The summed E-state index contributed by atoms with van der Waals surface area (Å²) in [6.07, 6.45) is 0.980. The number of aryl methyl sites for hydroxylation is 1. The SMILES string of the molecule is Cc1ccc(C(N)c2cccc3c2OCC3)cc1Br. The molecule has 0 aliphatic carbocycles. The number of hydrogen-bond acceptors (Lipinski definition) is 2. The molecule has 0 amide bonds. The number of benzene rings is 2. The highest BCUT2D eigenvalue weighted by Crippen LogP contribution is 2.35. The van der Waals surface area contributed by atoms with Gasteiger partial charge in [0.15, 0.2) is 0 Å². The van der Waals surface area contributed by atoms with Gasteiger partial charge in [0, 0.05) is 16.5 Å². The molecule has 0 saturated carbocycles. The zero-order chi connectivity index (χ0) is 13.4. The molecule has 2 aromatic carbocycles. The Morgan fingerprint density at radius 2 is 2.11 bits per heavy atom. The van der Waals surface area contributed by atoms with Gasteiger partial charge in [0.25, 0.3) is 0 Å². The molecule has 0 saturated heterocycles. The second-order valence-corrected chi connectivity index (χ2v) is 5.77. The summed E-state index contributed by atoms with van der Waals surface area (Å²) >= 11 is 3.56. The molecular formula is C16H16BrNO. The number of hydrogen-bond donors (Lipinski definition) is 1. The smallest absolute Gasteiger partial charge is 0.127 e. The number of nitrogens with two attached hydrogens (primary N) is 1. The van der Waals surface area contributed by atoms with E-state index in [2.05, 4.69) is 59.3 Å². The highest BCUT2D eigenvalue weighted by atomic mass is 79.9. The molecule has 1 unspecified atom stereocenters. The first kappa shape index (κ1) is 12.7. The number of halogens is 1. The van der Waals surface area contributed by atoms with Crippen molar-refractivity contribution >= 4 is 15.9 Å². The maximum absolute atomic E-state index is 6.41. The number of rotatable bonds is 2. The third-order valence-electron chi connectivity index (χ3n) is 3.63. The summed E-state index contributed by atoms with van der Waals surface area (Å²) in [6.45, 7) is 2.83. The molecule has 0 fully saturated rings. The van der Waals surface area contributed by atoms with E-state index in [1.165, 1.54) is 11.1 Å². The summed E-state index contributed by atoms with van der Waals surface area (Å²) in [5.41, 5.74) is 11.1. The Morgan fingerprint density at radius 3 is 2.89 bits per heavy atom. The van der Waals surface area contributed by atoms with Crippen molar-refractivity contribution in [3.05, 3.63) is 63.1 Å². The van der Waals surface area contributed by atoms with Gasteiger partial charge in [-0.2, -0.15) is 0 Å². The van der Waals surface area contributed by atoms with Crippen LogP contribution in [0.5, 0.6) is 5.75 Å². The molecule has 2 N–H and O–H groups in total. The second-order valence-electron chi connectivity index (χ2n) is 4.92. The number of para-hydroxylation sites is 1. The summed E-state index contributed by atoms with van der Waals surface area (Å²) in [6, 6.07) is 12.3. The van der Waals surface area contributed by atoms with E-state index in [0.717, 1.165) is 34.4 Å². The molecule has 0 spiro atoms. The highest BCUT2D eigenvalue weighted by molar-refractivity contribution is 9.10. The van der Waals surface area contributed by atoms with Crippen LogP contribution in [0, 0.1) is 6.92 Å². The Bertz CT molecular complexity index is 624. The lowest BCUT2D eigenvalue weighted by molar-refractivity contribution is 0.352. The molecule has 19 heavy (non-hydrogen) atoms. The molecule has 0 aromatic heterocycles. The van der Waals surface area contributed by atoms with Crippen molar-refractivity contribution in [1.82, 2.24) is 0 Å². The predicted octanol–water partition coefficient (Wildman–Crippen LogP) is 3.74. The second kappa shape index (κ2) is 4.99. The number of ether oxygens (including phenoxy) is 1. The minimum Gasteiger partial charge on any atom is -0.493 e. The minimum absolute atomic E-state index is 0.148. The fraction of sp³-hybridized carbons (Fsp3) is 0.250. The first-order valence-corrected chi connectivity index (χ1v) is 7.22. The third-order valence-corrected chi connectivity index (χ3v) is 4.49. The van der Waals surface area contributed by atoms with Crippen LogP contribution in [0.25, 0.3) is 0 Å². The van der Waals surface area contributed by atoms with Crippen LogP contribution in [-0.4, -0.2) is 6.61 Å². The van der Waals surface area contributed by atoms with Gasteiger partial charge >= 0.3 is 0 Å². The zero-order valence-corrected chi connectivity index (χ0v) is 12.4. The van der Waals surface area contributed by atoms with E-state index in [0.29, 0.717) is 0 Å². The molecule has 0 radical (unpaired) electrons. The van der Waals surface area contributed by atoms with Gasteiger partial charge in [-0.05, 0) is 29.7 Å². The van der Waals surface area contributed by atoms with Gasteiger partial charge in [0.1, 0.15) is 5.75 Å². The first-order chi connectivity index (χ1) is 9.16. The fourth-order valence-corrected chi connectivity index (χ4v) is 2.86. The van der Waals surface area contributed by atoms with Crippen molar-refractivity contribution in [3.8, 4) is 5.75 Å².